The molecule has 17 heavy (non-hydrogen) atoms. The van der Waals surface area contributed by atoms with Crippen LogP contribution in [0.3, 0.4) is 0 Å². The number of hydrogen-bond donors (Lipinski definition) is 2. The highest BCUT2D eigenvalue weighted by Crippen LogP contribution is 2.28. The van der Waals surface area contributed by atoms with Crippen molar-refractivity contribution in [3.63, 3.8) is 0 Å². The summed E-state index contributed by atoms with van der Waals surface area (Å²) in [5, 5.41) is 19.0. The van der Waals surface area contributed by atoms with Crippen LogP contribution in [0.4, 0.5) is 0 Å². The standard InChI is InChI=1S/C14H20O3/c1-2-3-4-5-6-8-11(15)14-12(16)9-7-10-13(14)17/h7,9-10,16-17H,2-6,8H2,1H3. The third kappa shape index (κ3) is 4.10. The van der Waals surface area contributed by atoms with Crippen molar-refractivity contribution in [3.8, 4) is 11.5 Å². The first kappa shape index (κ1) is 13.6. The van der Waals surface area contributed by atoms with E-state index in [-0.39, 0.29) is 22.8 Å². The van der Waals surface area contributed by atoms with Crippen LogP contribution in [0.1, 0.15) is 55.8 Å². The van der Waals surface area contributed by atoms with E-state index in [1.807, 2.05) is 0 Å². The van der Waals surface area contributed by atoms with Gasteiger partial charge in [0, 0.05) is 6.42 Å². The zero-order valence-electron chi connectivity index (χ0n) is 10.3. The summed E-state index contributed by atoms with van der Waals surface area (Å²) >= 11 is 0. The highest BCUT2D eigenvalue weighted by molar-refractivity contribution is 6.01. The Kier molecular flexibility index (Phi) is 5.53. The predicted molar refractivity (Wildman–Crippen MR) is 67.5 cm³/mol. The fourth-order valence-corrected chi connectivity index (χ4v) is 1.83. The van der Waals surface area contributed by atoms with Crippen LogP contribution in [0, 0.1) is 0 Å². The normalized spacial score (nSPS) is 10.4. The number of carbonyl (C=O) groups is 1. The summed E-state index contributed by atoms with van der Waals surface area (Å²) in [5.74, 6) is -0.454. The Hall–Kier alpha value is -1.51. The number of hydrogen-bond acceptors (Lipinski definition) is 3. The fourth-order valence-electron chi connectivity index (χ4n) is 1.83. The molecule has 0 heterocycles. The van der Waals surface area contributed by atoms with Gasteiger partial charge in [0.2, 0.25) is 0 Å². The molecule has 3 heteroatoms. The van der Waals surface area contributed by atoms with Crippen LogP contribution in [-0.2, 0) is 0 Å². The lowest BCUT2D eigenvalue weighted by Gasteiger charge is -2.05. The van der Waals surface area contributed by atoms with Gasteiger partial charge in [-0.15, -0.1) is 0 Å². The average Bonchev–Trinajstić information content (AvgIpc) is 2.28. The van der Waals surface area contributed by atoms with E-state index in [1.54, 1.807) is 0 Å². The molecule has 0 spiro atoms. The average molecular weight is 236 g/mol. The minimum absolute atomic E-state index is 0.0583. The maximum absolute atomic E-state index is 11.8. The third-order valence-electron chi connectivity index (χ3n) is 2.81. The number of ketones is 1. The van der Waals surface area contributed by atoms with E-state index < -0.39 is 0 Å². The summed E-state index contributed by atoms with van der Waals surface area (Å²) in [4.78, 5) is 11.8. The molecule has 0 aliphatic rings. The molecule has 0 aromatic heterocycles. The van der Waals surface area contributed by atoms with Gasteiger partial charge in [0.15, 0.2) is 5.78 Å². The van der Waals surface area contributed by atoms with Crippen molar-refractivity contribution in [2.24, 2.45) is 0 Å². The molecule has 0 bridgehead atoms. The fraction of sp³-hybridized carbons (Fsp3) is 0.500. The van der Waals surface area contributed by atoms with E-state index in [4.69, 9.17) is 0 Å². The lowest BCUT2D eigenvalue weighted by Crippen LogP contribution is -2.00. The molecule has 2 N–H and O–H groups in total. The summed E-state index contributed by atoms with van der Waals surface area (Å²) < 4.78 is 0. The zero-order chi connectivity index (χ0) is 12.7. The lowest BCUT2D eigenvalue weighted by molar-refractivity contribution is 0.0974. The molecule has 0 fully saturated rings. The van der Waals surface area contributed by atoms with Gasteiger partial charge in [-0.3, -0.25) is 4.79 Å². The molecule has 0 aliphatic heterocycles. The van der Waals surface area contributed by atoms with E-state index >= 15 is 0 Å². The summed E-state index contributed by atoms with van der Waals surface area (Å²) in [5.41, 5.74) is 0.0583. The van der Waals surface area contributed by atoms with E-state index in [0.717, 1.165) is 19.3 Å². The number of carbonyl (C=O) groups excluding carboxylic acids is 1. The van der Waals surface area contributed by atoms with Crippen LogP contribution in [0.25, 0.3) is 0 Å². The smallest absolute Gasteiger partial charge is 0.170 e. The second kappa shape index (κ2) is 6.94. The van der Waals surface area contributed by atoms with Gasteiger partial charge < -0.3 is 10.2 Å². The number of phenols is 2. The van der Waals surface area contributed by atoms with Crippen LogP contribution in [0.2, 0.25) is 0 Å². The molecule has 1 rings (SSSR count). The van der Waals surface area contributed by atoms with Crippen molar-refractivity contribution in [1.82, 2.24) is 0 Å². The Labute approximate surface area is 102 Å². The Bertz CT molecular complexity index is 351. The number of benzene rings is 1. The number of Topliss-reactive ketones (excluding diaryl/α,β-unsaturated/α-hetero) is 1. The Morgan fingerprint density at radius 2 is 1.65 bits per heavy atom. The molecule has 0 amide bonds. The molecule has 1 aromatic carbocycles. The van der Waals surface area contributed by atoms with E-state index in [9.17, 15) is 15.0 Å². The minimum atomic E-state index is -0.183. The summed E-state index contributed by atoms with van der Waals surface area (Å²) in [7, 11) is 0. The molecule has 1 aromatic rings. The van der Waals surface area contributed by atoms with Gasteiger partial charge in [-0.1, -0.05) is 38.7 Å². The van der Waals surface area contributed by atoms with Gasteiger partial charge in [-0.25, -0.2) is 0 Å². The molecular formula is C14H20O3. The minimum Gasteiger partial charge on any atom is -0.507 e. The second-order valence-electron chi connectivity index (χ2n) is 4.26. The zero-order valence-corrected chi connectivity index (χ0v) is 10.3. The number of phenolic OH excluding ortho intramolecular Hbond substituents is 2. The Morgan fingerprint density at radius 1 is 1.06 bits per heavy atom. The summed E-state index contributed by atoms with van der Waals surface area (Å²) in [6.07, 6.45) is 5.72. The second-order valence-corrected chi connectivity index (χ2v) is 4.26. The molecule has 0 unspecified atom stereocenters. The van der Waals surface area contributed by atoms with Crippen LogP contribution in [0.15, 0.2) is 18.2 Å². The maximum Gasteiger partial charge on any atom is 0.170 e. The van der Waals surface area contributed by atoms with E-state index in [1.165, 1.54) is 31.0 Å². The Morgan fingerprint density at radius 3 is 2.24 bits per heavy atom. The molecule has 0 saturated carbocycles. The van der Waals surface area contributed by atoms with Gasteiger partial charge in [0.1, 0.15) is 17.1 Å². The number of rotatable bonds is 7. The van der Waals surface area contributed by atoms with Crippen molar-refractivity contribution < 1.29 is 15.0 Å². The maximum atomic E-state index is 11.8. The number of aromatic hydroxyl groups is 2. The molecule has 0 atom stereocenters. The topological polar surface area (TPSA) is 57.5 Å². The Balaban J connectivity index is 2.47. The van der Waals surface area contributed by atoms with Gasteiger partial charge >= 0.3 is 0 Å². The SMILES string of the molecule is CCCCCCCC(=O)c1c(O)cccc1O. The highest BCUT2D eigenvalue weighted by atomic mass is 16.3. The van der Waals surface area contributed by atoms with Crippen molar-refractivity contribution in [3.05, 3.63) is 23.8 Å². The molecular weight excluding hydrogens is 216 g/mol. The quantitative estimate of drug-likeness (QED) is 0.561. The van der Waals surface area contributed by atoms with Crippen molar-refractivity contribution in [2.75, 3.05) is 0 Å². The molecule has 0 aliphatic carbocycles. The van der Waals surface area contributed by atoms with Gasteiger partial charge in [-0.05, 0) is 18.6 Å². The van der Waals surface area contributed by atoms with E-state index in [0.29, 0.717) is 6.42 Å². The van der Waals surface area contributed by atoms with Crippen LogP contribution >= 0.6 is 0 Å². The first-order chi connectivity index (χ1) is 8.16. The first-order valence-corrected chi connectivity index (χ1v) is 6.21. The number of unbranched alkanes of at least 4 members (excludes halogenated alkanes) is 4. The van der Waals surface area contributed by atoms with Crippen LogP contribution in [0.5, 0.6) is 11.5 Å². The predicted octanol–water partition coefficient (Wildman–Crippen LogP) is 3.64. The van der Waals surface area contributed by atoms with Crippen molar-refractivity contribution >= 4 is 5.78 Å². The van der Waals surface area contributed by atoms with Crippen molar-refractivity contribution in [1.29, 1.82) is 0 Å². The first-order valence-electron chi connectivity index (χ1n) is 6.21. The van der Waals surface area contributed by atoms with Gasteiger partial charge in [-0.2, -0.15) is 0 Å². The molecule has 94 valence electrons. The molecule has 3 nitrogen and oxygen atoms in total. The van der Waals surface area contributed by atoms with Gasteiger partial charge in [0.25, 0.3) is 0 Å². The lowest BCUT2D eigenvalue weighted by atomic mass is 10.0. The van der Waals surface area contributed by atoms with Crippen molar-refractivity contribution in [2.45, 2.75) is 45.4 Å². The largest absolute Gasteiger partial charge is 0.507 e. The molecule has 0 radical (unpaired) electrons. The highest BCUT2D eigenvalue weighted by Gasteiger charge is 2.14. The van der Waals surface area contributed by atoms with Crippen LogP contribution in [-0.4, -0.2) is 16.0 Å². The summed E-state index contributed by atoms with van der Waals surface area (Å²) in [6, 6.07) is 4.36. The monoisotopic (exact) mass is 236 g/mol. The molecule has 0 saturated heterocycles. The summed E-state index contributed by atoms with van der Waals surface area (Å²) in [6.45, 7) is 2.14. The van der Waals surface area contributed by atoms with E-state index in [2.05, 4.69) is 6.92 Å². The van der Waals surface area contributed by atoms with Crippen LogP contribution < -0.4 is 0 Å². The van der Waals surface area contributed by atoms with Gasteiger partial charge in [0.05, 0.1) is 0 Å². The third-order valence-corrected chi connectivity index (χ3v) is 2.81.